The fourth-order valence-corrected chi connectivity index (χ4v) is 3.46. The van der Waals surface area contributed by atoms with E-state index < -0.39 is 11.6 Å². The van der Waals surface area contributed by atoms with Crippen LogP contribution in [0.25, 0.3) is 11.1 Å². The Hall–Kier alpha value is -1.90. The Balaban J connectivity index is 1.95. The molecule has 3 rings (SSSR count). The molecule has 0 bridgehead atoms. The Morgan fingerprint density at radius 2 is 1.70 bits per heavy atom. The lowest BCUT2D eigenvalue weighted by Gasteiger charge is -2.14. The van der Waals surface area contributed by atoms with Crippen molar-refractivity contribution in [3.8, 4) is 16.9 Å². The number of ether oxygens (including phenoxy) is 1. The Bertz CT molecular complexity index is 686. The summed E-state index contributed by atoms with van der Waals surface area (Å²) in [7, 11) is 0. The van der Waals surface area contributed by atoms with Crippen LogP contribution in [0.4, 0.5) is 8.78 Å². The summed E-state index contributed by atoms with van der Waals surface area (Å²) in [6.45, 7) is 3.81. The van der Waals surface area contributed by atoms with Gasteiger partial charge in [-0.25, -0.2) is 4.39 Å². The first-order valence-corrected chi connectivity index (χ1v) is 8.33. The lowest BCUT2D eigenvalue weighted by atomic mass is 9.94. The first kappa shape index (κ1) is 16.0. The van der Waals surface area contributed by atoms with E-state index in [2.05, 4.69) is 12.1 Å². The smallest absolute Gasteiger partial charge is 0.201 e. The predicted octanol–water partition coefficient (Wildman–Crippen LogP) is 6.00. The summed E-state index contributed by atoms with van der Waals surface area (Å²) < 4.78 is 33.8. The lowest BCUT2D eigenvalue weighted by molar-refractivity contribution is 0.312. The van der Waals surface area contributed by atoms with Crippen LogP contribution < -0.4 is 4.74 Å². The number of rotatable bonds is 4. The molecule has 1 aliphatic rings. The molecule has 1 aliphatic carbocycles. The first-order chi connectivity index (χ1) is 11.1. The van der Waals surface area contributed by atoms with Gasteiger partial charge in [-0.3, -0.25) is 0 Å². The van der Waals surface area contributed by atoms with E-state index in [0.29, 0.717) is 29.2 Å². The molecule has 0 heterocycles. The van der Waals surface area contributed by atoms with Crippen LogP contribution in [0.15, 0.2) is 30.3 Å². The second-order valence-corrected chi connectivity index (χ2v) is 6.23. The van der Waals surface area contributed by atoms with Gasteiger partial charge in [-0.2, -0.15) is 4.39 Å². The number of aryl methyl sites for hydroxylation is 1. The average Bonchev–Trinajstić information content (AvgIpc) is 3.10. The van der Waals surface area contributed by atoms with Crippen molar-refractivity contribution < 1.29 is 13.5 Å². The molecule has 0 atom stereocenters. The molecule has 0 radical (unpaired) electrons. The highest BCUT2D eigenvalue weighted by Crippen LogP contribution is 2.36. The minimum absolute atomic E-state index is 0.0105. The second-order valence-electron chi connectivity index (χ2n) is 6.23. The van der Waals surface area contributed by atoms with E-state index in [0.717, 1.165) is 0 Å². The standard InChI is InChI=1S/C20H22F2O/c1-3-23-20-13(2)12-17(18(21)19(20)22)16-10-8-15(9-11-16)14-6-4-5-7-14/h8-12,14H,3-7H2,1-2H3. The maximum absolute atomic E-state index is 14.4. The molecule has 1 nitrogen and oxygen atoms in total. The van der Waals surface area contributed by atoms with E-state index >= 15 is 0 Å². The molecule has 0 unspecified atom stereocenters. The van der Waals surface area contributed by atoms with Crippen LogP contribution in [0.3, 0.4) is 0 Å². The van der Waals surface area contributed by atoms with E-state index in [1.807, 2.05) is 12.1 Å². The molecule has 0 spiro atoms. The van der Waals surface area contributed by atoms with Crippen molar-refractivity contribution >= 4 is 0 Å². The van der Waals surface area contributed by atoms with Crippen LogP contribution in [0.5, 0.6) is 5.75 Å². The van der Waals surface area contributed by atoms with Gasteiger partial charge in [0.1, 0.15) is 0 Å². The molecule has 122 valence electrons. The fourth-order valence-electron chi connectivity index (χ4n) is 3.46. The van der Waals surface area contributed by atoms with Gasteiger partial charge in [0.2, 0.25) is 5.82 Å². The third kappa shape index (κ3) is 3.10. The maximum atomic E-state index is 14.4. The number of hydrogen-bond donors (Lipinski definition) is 0. The summed E-state index contributed by atoms with van der Waals surface area (Å²) in [5.74, 6) is -1.11. The van der Waals surface area contributed by atoms with Gasteiger partial charge < -0.3 is 4.74 Å². The van der Waals surface area contributed by atoms with Crippen LogP contribution in [-0.2, 0) is 0 Å². The summed E-state index contributed by atoms with van der Waals surface area (Å²) in [6.07, 6.45) is 5.02. The number of benzene rings is 2. The van der Waals surface area contributed by atoms with Gasteiger partial charge in [0.25, 0.3) is 0 Å². The highest BCUT2D eigenvalue weighted by molar-refractivity contribution is 5.67. The molecule has 2 aromatic rings. The molecule has 0 aliphatic heterocycles. The van der Waals surface area contributed by atoms with Gasteiger partial charge in [0, 0.05) is 5.56 Å². The molecule has 2 aromatic carbocycles. The summed E-state index contributed by atoms with van der Waals surface area (Å²) in [5.41, 5.74) is 2.91. The molecular formula is C20H22F2O. The van der Waals surface area contributed by atoms with Crippen molar-refractivity contribution in [3.63, 3.8) is 0 Å². The number of halogens is 2. The molecule has 0 N–H and O–H groups in total. The van der Waals surface area contributed by atoms with Crippen LogP contribution in [0.2, 0.25) is 0 Å². The van der Waals surface area contributed by atoms with Gasteiger partial charge in [0.05, 0.1) is 6.61 Å². The van der Waals surface area contributed by atoms with Gasteiger partial charge in [-0.1, -0.05) is 37.1 Å². The van der Waals surface area contributed by atoms with E-state index in [1.165, 1.54) is 31.2 Å². The van der Waals surface area contributed by atoms with Gasteiger partial charge >= 0.3 is 0 Å². The quantitative estimate of drug-likeness (QED) is 0.672. The first-order valence-electron chi connectivity index (χ1n) is 8.33. The van der Waals surface area contributed by atoms with Crippen molar-refractivity contribution in [1.82, 2.24) is 0 Å². The monoisotopic (exact) mass is 316 g/mol. The highest BCUT2D eigenvalue weighted by atomic mass is 19.2. The summed E-state index contributed by atoms with van der Waals surface area (Å²) in [4.78, 5) is 0. The molecule has 0 saturated heterocycles. The van der Waals surface area contributed by atoms with E-state index in [4.69, 9.17) is 4.74 Å². The minimum Gasteiger partial charge on any atom is -0.490 e. The van der Waals surface area contributed by atoms with E-state index in [1.54, 1.807) is 19.9 Å². The van der Waals surface area contributed by atoms with Crippen molar-refractivity contribution in [2.24, 2.45) is 0 Å². The third-order valence-corrected chi connectivity index (χ3v) is 4.68. The second kappa shape index (κ2) is 6.69. The molecule has 23 heavy (non-hydrogen) atoms. The lowest BCUT2D eigenvalue weighted by Crippen LogP contribution is -2.01. The summed E-state index contributed by atoms with van der Waals surface area (Å²) in [6, 6.07) is 9.55. The van der Waals surface area contributed by atoms with Crippen molar-refractivity contribution in [2.45, 2.75) is 45.4 Å². The number of hydrogen-bond acceptors (Lipinski definition) is 1. The average molecular weight is 316 g/mol. The highest BCUT2D eigenvalue weighted by Gasteiger charge is 2.20. The molecule has 0 aromatic heterocycles. The molecular weight excluding hydrogens is 294 g/mol. The SMILES string of the molecule is CCOc1c(C)cc(-c2ccc(C3CCCC3)cc2)c(F)c1F. The maximum Gasteiger partial charge on any atom is 0.201 e. The topological polar surface area (TPSA) is 9.23 Å². The zero-order chi connectivity index (χ0) is 16.4. The van der Waals surface area contributed by atoms with E-state index in [-0.39, 0.29) is 5.75 Å². The molecule has 1 saturated carbocycles. The van der Waals surface area contributed by atoms with Crippen LogP contribution >= 0.6 is 0 Å². The van der Waals surface area contributed by atoms with Crippen molar-refractivity contribution in [1.29, 1.82) is 0 Å². The summed E-state index contributed by atoms with van der Waals surface area (Å²) in [5, 5.41) is 0. The third-order valence-electron chi connectivity index (χ3n) is 4.68. The Morgan fingerprint density at radius 3 is 2.30 bits per heavy atom. The molecule has 3 heteroatoms. The summed E-state index contributed by atoms with van der Waals surface area (Å²) >= 11 is 0. The van der Waals surface area contributed by atoms with Crippen molar-refractivity contribution in [2.75, 3.05) is 6.61 Å². The Morgan fingerprint density at radius 1 is 1.04 bits per heavy atom. The minimum atomic E-state index is -0.901. The van der Waals surface area contributed by atoms with Gasteiger partial charge in [0.15, 0.2) is 11.6 Å². The van der Waals surface area contributed by atoms with Gasteiger partial charge in [-0.05, 0) is 55.4 Å². The zero-order valence-corrected chi connectivity index (χ0v) is 13.7. The van der Waals surface area contributed by atoms with Crippen LogP contribution in [0, 0.1) is 18.6 Å². The van der Waals surface area contributed by atoms with Crippen LogP contribution in [0.1, 0.15) is 49.7 Å². The zero-order valence-electron chi connectivity index (χ0n) is 13.7. The fraction of sp³-hybridized carbons (Fsp3) is 0.400. The van der Waals surface area contributed by atoms with Gasteiger partial charge in [-0.15, -0.1) is 0 Å². The van der Waals surface area contributed by atoms with E-state index in [9.17, 15) is 8.78 Å². The molecule has 0 amide bonds. The van der Waals surface area contributed by atoms with Crippen molar-refractivity contribution in [3.05, 3.63) is 53.1 Å². The predicted molar refractivity (Wildman–Crippen MR) is 88.9 cm³/mol. The largest absolute Gasteiger partial charge is 0.490 e. The van der Waals surface area contributed by atoms with Crippen LogP contribution in [-0.4, -0.2) is 6.61 Å². The Kier molecular flexibility index (Phi) is 4.65. The normalized spacial score (nSPS) is 15.1. The molecule has 1 fully saturated rings. The Labute approximate surface area is 136 Å².